The maximum atomic E-state index is 12.1. The molecule has 8 nitrogen and oxygen atoms in total. The summed E-state index contributed by atoms with van der Waals surface area (Å²) >= 11 is 0. The van der Waals surface area contributed by atoms with Gasteiger partial charge in [0, 0.05) is 12.1 Å². The van der Waals surface area contributed by atoms with Crippen molar-refractivity contribution in [3.05, 3.63) is 41.9 Å². The highest BCUT2D eigenvalue weighted by molar-refractivity contribution is 7.92. The summed E-state index contributed by atoms with van der Waals surface area (Å²) in [6.45, 7) is 1.67. The van der Waals surface area contributed by atoms with E-state index in [0.717, 1.165) is 5.56 Å². The highest BCUT2D eigenvalue weighted by Crippen LogP contribution is 2.15. The Morgan fingerprint density at radius 3 is 2.62 bits per heavy atom. The van der Waals surface area contributed by atoms with Gasteiger partial charge in [-0.1, -0.05) is 17.3 Å². The third-order valence-corrected chi connectivity index (χ3v) is 3.98. The Balaban J connectivity index is 2.13. The van der Waals surface area contributed by atoms with Gasteiger partial charge in [0.1, 0.15) is 11.7 Å². The number of nitrogens with two attached hydrogens (primary N) is 1. The number of aryl methyl sites for hydroxylation is 1. The monoisotopic (exact) mass is 309 g/mol. The summed E-state index contributed by atoms with van der Waals surface area (Å²) in [5, 5.41) is 11.4. The van der Waals surface area contributed by atoms with E-state index in [-0.39, 0.29) is 17.3 Å². The van der Waals surface area contributed by atoms with E-state index in [0.29, 0.717) is 11.5 Å². The van der Waals surface area contributed by atoms with Crippen LogP contribution in [0.15, 0.2) is 40.6 Å². The first kappa shape index (κ1) is 14.9. The van der Waals surface area contributed by atoms with Crippen LogP contribution in [0.2, 0.25) is 0 Å². The number of aromatic amines is 1. The van der Waals surface area contributed by atoms with Gasteiger partial charge in [0.15, 0.2) is 5.03 Å². The molecule has 1 aromatic carbocycles. The van der Waals surface area contributed by atoms with Crippen LogP contribution < -0.4 is 10.5 Å². The molecule has 0 spiro atoms. The number of H-pyrrole nitrogens is 1. The van der Waals surface area contributed by atoms with Gasteiger partial charge in [-0.3, -0.25) is 4.72 Å². The highest BCUT2D eigenvalue weighted by Gasteiger charge is 2.16. The fourth-order valence-electron chi connectivity index (χ4n) is 1.68. The summed E-state index contributed by atoms with van der Waals surface area (Å²) in [4.78, 5) is 6.52. The van der Waals surface area contributed by atoms with Gasteiger partial charge in [0.05, 0.1) is 6.20 Å². The molecular formula is C12H15N5O3S. The minimum absolute atomic E-state index is 0.000680. The minimum atomic E-state index is -3.69. The molecule has 5 N–H and O–H groups in total. The second-order valence-corrected chi connectivity index (χ2v) is 6.05. The van der Waals surface area contributed by atoms with Crippen molar-refractivity contribution in [2.24, 2.45) is 10.9 Å². The van der Waals surface area contributed by atoms with E-state index in [2.05, 4.69) is 19.8 Å². The van der Waals surface area contributed by atoms with Crippen LogP contribution in [0.25, 0.3) is 0 Å². The molecule has 0 radical (unpaired) electrons. The van der Waals surface area contributed by atoms with Crippen LogP contribution in [0.5, 0.6) is 0 Å². The SMILES string of the molecule is Cc1ncc(S(=O)(=O)Nc2ccc(CC(N)=NO)cc2)[nH]1. The van der Waals surface area contributed by atoms with E-state index in [1.165, 1.54) is 6.20 Å². The summed E-state index contributed by atoms with van der Waals surface area (Å²) in [6, 6.07) is 6.57. The summed E-state index contributed by atoms with van der Waals surface area (Å²) in [5.41, 5.74) is 6.61. The molecule has 9 heteroatoms. The fourth-order valence-corrected chi connectivity index (χ4v) is 2.71. The number of nitrogens with zero attached hydrogens (tertiary/aromatic N) is 2. The molecule has 1 aromatic heterocycles. The van der Waals surface area contributed by atoms with Crippen LogP contribution in [0.3, 0.4) is 0 Å². The van der Waals surface area contributed by atoms with Gasteiger partial charge in [-0.25, -0.2) is 4.98 Å². The van der Waals surface area contributed by atoms with Gasteiger partial charge in [-0.15, -0.1) is 0 Å². The Bertz CT molecular complexity index is 749. The number of sulfonamides is 1. The van der Waals surface area contributed by atoms with Gasteiger partial charge in [0.2, 0.25) is 0 Å². The van der Waals surface area contributed by atoms with Gasteiger partial charge < -0.3 is 15.9 Å². The molecule has 0 aliphatic rings. The lowest BCUT2D eigenvalue weighted by molar-refractivity contribution is 0.317. The molecule has 112 valence electrons. The molecule has 0 bridgehead atoms. The van der Waals surface area contributed by atoms with Crippen molar-refractivity contribution in [1.29, 1.82) is 0 Å². The smallest absolute Gasteiger partial charge is 0.278 e. The quantitative estimate of drug-likeness (QED) is 0.281. The molecule has 0 fully saturated rings. The Morgan fingerprint density at radius 1 is 1.43 bits per heavy atom. The lowest BCUT2D eigenvalue weighted by atomic mass is 10.1. The molecule has 2 rings (SSSR count). The van der Waals surface area contributed by atoms with E-state index >= 15 is 0 Å². The van der Waals surface area contributed by atoms with Gasteiger partial charge in [-0.05, 0) is 24.6 Å². The summed E-state index contributed by atoms with van der Waals surface area (Å²) in [6.07, 6.45) is 1.54. The lowest BCUT2D eigenvalue weighted by Crippen LogP contribution is -2.15. The third kappa shape index (κ3) is 3.72. The topological polar surface area (TPSA) is 133 Å². The maximum absolute atomic E-state index is 12.1. The molecule has 21 heavy (non-hydrogen) atoms. The number of aromatic nitrogens is 2. The van der Waals surface area contributed by atoms with Crippen molar-refractivity contribution in [3.63, 3.8) is 0 Å². The largest absolute Gasteiger partial charge is 0.409 e. The number of imidazole rings is 1. The number of hydrogen-bond acceptors (Lipinski definition) is 5. The first-order valence-corrected chi connectivity index (χ1v) is 7.49. The Kier molecular flexibility index (Phi) is 4.13. The highest BCUT2D eigenvalue weighted by atomic mass is 32.2. The number of anilines is 1. The molecule has 0 unspecified atom stereocenters. The normalized spacial score (nSPS) is 12.3. The van der Waals surface area contributed by atoms with Crippen LogP contribution in [0, 0.1) is 6.92 Å². The first-order chi connectivity index (χ1) is 9.90. The second kappa shape index (κ2) is 5.83. The predicted molar refractivity (Wildman–Crippen MR) is 77.7 cm³/mol. The maximum Gasteiger partial charge on any atom is 0.278 e. The molecule has 0 amide bonds. The zero-order valence-corrected chi connectivity index (χ0v) is 12.1. The first-order valence-electron chi connectivity index (χ1n) is 6.00. The van der Waals surface area contributed by atoms with Crippen LogP contribution in [0.1, 0.15) is 11.4 Å². The Morgan fingerprint density at radius 2 is 2.10 bits per heavy atom. The van der Waals surface area contributed by atoms with Crippen molar-refractivity contribution in [2.45, 2.75) is 18.4 Å². The third-order valence-electron chi connectivity index (χ3n) is 2.69. The molecule has 1 heterocycles. The fraction of sp³-hybridized carbons (Fsp3) is 0.167. The van der Waals surface area contributed by atoms with Crippen molar-refractivity contribution in [1.82, 2.24) is 9.97 Å². The molecule has 0 saturated carbocycles. The number of hydrogen-bond donors (Lipinski definition) is 4. The van der Waals surface area contributed by atoms with Crippen LogP contribution in [0.4, 0.5) is 5.69 Å². The van der Waals surface area contributed by atoms with Crippen molar-refractivity contribution in [3.8, 4) is 0 Å². The van der Waals surface area contributed by atoms with E-state index in [1.807, 2.05) is 0 Å². The van der Waals surface area contributed by atoms with Gasteiger partial charge in [0.25, 0.3) is 10.0 Å². The van der Waals surface area contributed by atoms with Crippen molar-refractivity contribution in [2.75, 3.05) is 4.72 Å². The number of nitrogens with one attached hydrogen (secondary N) is 2. The number of amidine groups is 1. The number of oxime groups is 1. The zero-order valence-electron chi connectivity index (χ0n) is 11.2. The van der Waals surface area contributed by atoms with E-state index in [9.17, 15) is 8.42 Å². The molecule has 0 saturated heterocycles. The average molecular weight is 309 g/mol. The Labute approximate surface area is 121 Å². The lowest BCUT2D eigenvalue weighted by Gasteiger charge is -2.07. The Hall–Kier alpha value is -2.55. The van der Waals surface area contributed by atoms with Gasteiger partial charge in [-0.2, -0.15) is 8.42 Å². The van der Waals surface area contributed by atoms with Crippen molar-refractivity contribution >= 4 is 21.5 Å². The molecular weight excluding hydrogens is 294 g/mol. The van der Waals surface area contributed by atoms with E-state index in [1.54, 1.807) is 31.2 Å². The van der Waals surface area contributed by atoms with E-state index in [4.69, 9.17) is 10.9 Å². The molecule has 0 aliphatic carbocycles. The van der Waals surface area contributed by atoms with Gasteiger partial charge >= 0.3 is 0 Å². The summed E-state index contributed by atoms with van der Waals surface area (Å²) < 4.78 is 26.6. The molecule has 0 atom stereocenters. The minimum Gasteiger partial charge on any atom is -0.409 e. The van der Waals surface area contributed by atoms with Crippen molar-refractivity contribution < 1.29 is 13.6 Å². The van der Waals surface area contributed by atoms with E-state index < -0.39 is 10.0 Å². The zero-order chi connectivity index (χ0) is 15.5. The second-order valence-electron chi connectivity index (χ2n) is 4.40. The molecule has 0 aliphatic heterocycles. The number of rotatable bonds is 5. The standard InChI is InChI=1S/C12H15N5O3S/c1-8-14-7-12(15-8)21(19,20)17-10-4-2-9(3-5-10)6-11(13)16-18/h2-5,7,17-18H,6H2,1H3,(H2,13,16)(H,14,15). The predicted octanol–water partition coefficient (Wildman–Crippen LogP) is 0.808. The average Bonchev–Trinajstić information content (AvgIpc) is 2.88. The molecule has 2 aromatic rings. The van der Waals surface area contributed by atoms with Crippen LogP contribution in [-0.2, 0) is 16.4 Å². The summed E-state index contributed by atoms with van der Waals surface area (Å²) in [5.74, 6) is 0.598. The van der Waals surface area contributed by atoms with Crippen LogP contribution in [-0.4, -0.2) is 29.4 Å². The number of benzene rings is 1. The van der Waals surface area contributed by atoms with Crippen LogP contribution >= 0.6 is 0 Å². The summed E-state index contributed by atoms with van der Waals surface area (Å²) in [7, 11) is -3.69.